The van der Waals surface area contributed by atoms with Crippen molar-refractivity contribution in [1.29, 1.82) is 0 Å². The molecule has 0 spiro atoms. The van der Waals surface area contributed by atoms with Crippen LogP contribution in [0, 0.1) is 0 Å². The fraction of sp³-hybridized carbons (Fsp3) is 0.250. The van der Waals surface area contributed by atoms with E-state index >= 15 is 0 Å². The highest BCUT2D eigenvalue weighted by atomic mass is 16.3. The Hall–Kier alpha value is -1.68. The Bertz CT molecular complexity index is 417. The molecule has 0 saturated heterocycles. The largest absolute Gasteiger partial charge is 0.395 e. The van der Waals surface area contributed by atoms with Crippen LogP contribution in [0.3, 0.4) is 0 Å². The molecule has 2 N–H and O–H groups in total. The summed E-state index contributed by atoms with van der Waals surface area (Å²) in [7, 11) is 0. The van der Waals surface area contributed by atoms with Crippen LogP contribution in [0.2, 0.25) is 0 Å². The minimum absolute atomic E-state index is 0.139. The van der Waals surface area contributed by atoms with Crippen molar-refractivity contribution < 1.29 is 5.11 Å². The average molecular weight is 256 g/mol. The number of benzene rings is 2. The Labute approximate surface area is 114 Å². The molecule has 3 nitrogen and oxygen atoms in total. The molecular formula is C16H20N2O. The van der Waals surface area contributed by atoms with Crippen molar-refractivity contribution in [3.05, 3.63) is 71.8 Å². The molecule has 0 fully saturated rings. The monoisotopic (exact) mass is 256 g/mol. The molecule has 2 rings (SSSR count). The van der Waals surface area contributed by atoms with Gasteiger partial charge >= 0.3 is 0 Å². The maximum Gasteiger partial charge on any atom is 0.0570 e. The summed E-state index contributed by atoms with van der Waals surface area (Å²) in [5, 5.41) is 11.1. The molecule has 0 unspecified atom stereocenters. The number of aliphatic hydroxyl groups excluding tert-OH is 1. The van der Waals surface area contributed by atoms with E-state index in [1.54, 1.807) is 0 Å². The zero-order chi connectivity index (χ0) is 13.3. The number of nitrogens with zero attached hydrogens (tertiary/aromatic N) is 1. The first-order valence-electron chi connectivity index (χ1n) is 6.55. The minimum atomic E-state index is 0.139. The third-order valence-corrected chi connectivity index (χ3v) is 2.88. The number of rotatable bonds is 7. The summed E-state index contributed by atoms with van der Waals surface area (Å²) in [6.07, 6.45) is 0. The van der Waals surface area contributed by atoms with Gasteiger partial charge in [0.25, 0.3) is 0 Å². The van der Waals surface area contributed by atoms with E-state index < -0.39 is 0 Å². The highest BCUT2D eigenvalue weighted by Gasteiger charge is 2.05. The molecule has 0 aliphatic heterocycles. The predicted octanol–water partition coefficient (Wildman–Crippen LogP) is 2.19. The van der Waals surface area contributed by atoms with Crippen LogP contribution in [-0.2, 0) is 13.1 Å². The minimum Gasteiger partial charge on any atom is -0.395 e. The SMILES string of the molecule is OCCNN(Cc1ccccc1)Cc1ccccc1. The number of hydrogen-bond donors (Lipinski definition) is 2. The molecule has 19 heavy (non-hydrogen) atoms. The van der Waals surface area contributed by atoms with Crippen LogP contribution in [0.4, 0.5) is 0 Å². The lowest BCUT2D eigenvalue weighted by Crippen LogP contribution is -2.38. The molecule has 0 heterocycles. The number of hydrogen-bond acceptors (Lipinski definition) is 3. The zero-order valence-corrected chi connectivity index (χ0v) is 11.0. The van der Waals surface area contributed by atoms with Crippen molar-refractivity contribution in [2.75, 3.05) is 13.2 Å². The van der Waals surface area contributed by atoms with E-state index in [0.29, 0.717) is 6.54 Å². The van der Waals surface area contributed by atoms with Crippen LogP contribution in [0.25, 0.3) is 0 Å². The maximum absolute atomic E-state index is 8.96. The van der Waals surface area contributed by atoms with Gasteiger partial charge in [0.05, 0.1) is 6.61 Å². The van der Waals surface area contributed by atoms with E-state index in [2.05, 4.69) is 34.7 Å². The second-order valence-electron chi connectivity index (χ2n) is 4.46. The summed E-state index contributed by atoms with van der Waals surface area (Å²) in [4.78, 5) is 0. The van der Waals surface area contributed by atoms with Gasteiger partial charge in [0.15, 0.2) is 0 Å². The second kappa shape index (κ2) is 7.69. The van der Waals surface area contributed by atoms with Gasteiger partial charge in [0.1, 0.15) is 0 Å². The van der Waals surface area contributed by atoms with E-state index in [9.17, 15) is 0 Å². The third kappa shape index (κ3) is 4.83. The number of aliphatic hydroxyl groups is 1. The first-order valence-corrected chi connectivity index (χ1v) is 6.55. The topological polar surface area (TPSA) is 35.5 Å². The summed E-state index contributed by atoms with van der Waals surface area (Å²) >= 11 is 0. The lowest BCUT2D eigenvalue weighted by molar-refractivity contribution is 0.147. The normalized spacial score (nSPS) is 10.8. The van der Waals surface area contributed by atoms with Gasteiger partial charge in [-0.1, -0.05) is 60.7 Å². The van der Waals surface area contributed by atoms with Crippen molar-refractivity contribution in [3.63, 3.8) is 0 Å². The molecule has 0 aliphatic rings. The van der Waals surface area contributed by atoms with Gasteiger partial charge in [0, 0.05) is 19.6 Å². The molecule has 0 atom stereocenters. The fourth-order valence-electron chi connectivity index (χ4n) is 1.98. The number of hydrazine groups is 1. The van der Waals surface area contributed by atoms with Gasteiger partial charge in [0.2, 0.25) is 0 Å². The maximum atomic E-state index is 8.96. The highest BCUT2D eigenvalue weighted by molar-refractivity contribution is 5.16. The quantitative estimate of drug-likeness (QED) is 0.745. The van der Waals surface area contributed by atoms with Crippen LogP contribution >= 0.6 is 0 Å². The Morgan fingerprint density at radius 2 is 1.26 bits per heavy atom. The standard InChI is InChI=1S/C16H20N2O/c19-12-11-17-18(13-15-7-3-1-4-8-15)14-16-9-5-2-6-10-16/h1-10,17,19H,11-14H2. The van der Waals surface area contributed by atoms with Gasteiger partial charge in [-0.25, -0.2) is 5.01 Å². The smallest absolute Gasteiger partial charge is 0.0570 e. The van der Waals surface area contributed by atoms with Crippen molar-refractivity contribution in [2.45, 2.75) is 13.1 Å². The highest BCUT2D eigenvalue weighted by Crippen LogP contribution is 2.07. The summed E-state index contributed by atoms with van der Waals surface area (Å²) in [6.45, 7) is 2.34. The van der Waals surface area contributed by atoms with Crippen molar-refractivity contribution >= 4 is 0 Å². The lowest BCUT2D eigenvalue weighted by Gasteiger charge is -2.23. The summed E-state index contributed by atoms with van der Waals surface area (Å²) < 4.78 is 0. The van der Waals surface area contributed by atoms with Crippen LogP contribution < -0.4 is 5.43 Å². The molecule has 3 heteroatoms. The summed E-state index contributed by atoms with van der Waals surface area (Å²) in [6, 6.07) is 20.7. The van der Waals surface area contributed by atoms with Crippen LogP contribution in [0.1, 0.15) is 11.1 Å². The van der Waals surface area contributed by atoms with E-state index in [-0.39, 0.29) is 6.61 Å². The van der Waals surface area contributed by atoms with Crippen LogP contribution in [0.5, 0.6) is 0 Å². The Morgan fingerprint density at radius 3 is 1.68 bits per heavy atom. The third-order valence-electron chi connectivity index (χ3n) is 2.88. The summed E-state index contributed by atoms with van der Waals surface area (Å²) in [5.74, 6) is 0. The Balaban J connectivity index is 1.99. The van der Waals surface area contributed by atoms with Gasteiger partial charge in [-0.2, -0.15) is 0 Å². The summed E-state index contributed by atoms with van der Waals surface area (Å²) in [5.41, 5.74) is 5.76. The molecule has 100 valence electrons. The van der Waals surface area contributed by atoms with E-state index in [1.165, 1.54) is 11.1 Å². The molecule has 2 aromatic carbocycles. The molecule has 2 aromatic rings. The molecule has 0 aliphatic carbocycles. The molecule has 0 bridgehead atoms. The Morgan fingerprint density at radius 1 is 0.789 bits per heavy atom. The lowest BCUT2D eigenvalue weighted by atomic mass is 10.2. The molecule has 0 amide bonds. The molecule has 0 aromatic heterocycles. The molecular weight excluding hydrogens is 236 g/mol. The van der Waals surface area contributed by atoms with Gasteiger partial charge in [-0.15, -0.1) is 0 Å². The van der Waals surface area contributed by atoms with E-state index in [4.69, 9.17) is 5.11 Å². The van der Waals surface area contributed by atoms with E-state index in [1.807, 2.05) is 36.4 Å². The van der Waals surface area contributed by atoms with Gasteiger partial charge in [-0.3, -0.25) is 5.43 Å². The molecule has 0 saturated carbocycles. The fourth-order valence-corrected chi connectivity index (χ4v) is 1.98. The second-order valence-corrected chi connectivity index (χ2v) is 4.46. The van der Waals surface area contributed by atoms with Crippen molar-refractivity contribution in [1.82, 2.24) is 10.4 Å². The molecule has 0 radical (unpaired) electrons. The van der Waals surface area contributed by atoms with Crippen molar-refractivity contribution in [3.8, 4) is 0 Å². The first-order chi connectivity index (χ1) is 9.38. The Kier molecular flexibility index (Phi) is 5.56. The first kappa shape index (κ1) is 13.7. The van der Waals surface area contributed by atoms with Gasteiger partial charge in [-0.05, 0) is 11.1 Å². The van der Waals surface area contributed by atoms with Crippen LogP contribution in [-0.4, -0.2) is 23.3 Å². The zero-order valence-electron chi connectivity index (χ0n) is 11.0. The average Bonchev–Trinajstić information content (AvgIpc) is 2.47. The van der Waals surface area contributed by atoms with Crippen LogP contribution in [0.15, 0.2) is 60.7 Å². The van der Waals surface area contributed by atoms with E-state index in [0.717, 1.165) is 13.1 Å². The number of nitrogens with one attached hydrogen (secondary N) is 1. The predicted molar refractivity (Wildman–Crippen MR) is 77.2 cm³/mol. The van der Waals surface area contributed by atoms with Gasteiger partial charge < -0.3 is 5.11 Å². The van der Waals surface area contributed by atoms with Crippen molar-refractivity contribution in [2.24, 2.45) is 0 Å².